The van der Waals surface area contributed by atoms with Crippen LogP contribution in [0.2, 0.25) is 0 Å². The van der Waals surface area contributed by atoms with E-state index in [1.54, 1.807) is 0 Å². The smallest absolute Gasteiger partial charge is 0.0467 e. The molecule has 268 valence electrons. The molecule has 0 spiro atoms. The van der Waals surface area contributed by atoms with Crippen molar-refractivity contribution in [1.82, 2.24) is 0 Å². The Morgan fingerprint density at radius 3 is 1.35 bits per heavy atom. The molecule has 1 nitrogen and oxygen atoms in total. The van der Waals surface area contributed by atoms with Crippen LogP contribution in [-0.4, -0.2) is 0 Å². The minimum absolute atomic E-state index is 1.09. The molecule has 10 rings (SSSR count). The molecule has 0 saturated carbocycles. The fourth-order valence-corrected chi connectivity index (χ4v) is 8.15. The second-order valence-corrected chi connectivity index (χ2v) is 14.6. The molecule has 0 fully saturated rings. The van der Waals surface area contributed by atoms with Gasteiger partial charge in [-0.1, -0.05) is 194 Å². The van der Waals surface area contributed by atoms with Crippen LogP contribution in [0.5, 0.6) is 0 Å². The van der Waals surface area contributed by atoms with Gasteiger partial charge >= 0.3 is 0 Å². The molecular weight excluding hydrogens is 687 g/mol. The van der Waals surface area contributed by atoms with E-state index in [0.29, 0.717) is 0 Å². The zero-order valence-corrected chi connectivity index (χ0v) is 31.5. The van der Waals surface area contributed by atoms with Crippen molar-refractivity contribution in [2.45, 2.75) is 0 Å². The first-order valence-electron chi connectivity index (χ1n) is 19.6. The van der Waals surface area contributed by atoms with Gasteiger partial charge in [-0.05, 0) is 120 Å². The second kappa shape index (κ2) is 15.0. The molecule has 0 aromatic heterocycles. The normalized spacial score (nSPS) is 11.2. The maximum atomic E-state index is 2.37. The fourth-order valence-electron chi connectivity index (χ4n) is 8.15. The molecule has 0 aliphatic heterocycles. The molecule has 0 N–H and O–H groups in total. The molecule has 0 unspecified atom stereocenters. The Kier molecular flexibility index (Phi) is 8.95. The van der Waals surface area contributed by atoms with E-state index in [0.717, 1.165) is 17.1 Å². The lowest BCUT2D eigenvalue weighted by Gasteiger charge is -2.27. The summed E-state index contributed by atoms with van der Waals surface area (Å²) in [4.78, 5) is 2.37. The van der Waals surface area contributed by atoms with Crippen LogP contribution in [-0.2, 0) is 0 Å². The van der Waals surface area contributed by atoms with E-state index in [4.69, 9.17) is 0 Å². The molecule has 57 heavy (non-hydrogen) atoms. The summed E-state index contributed by atoms with van der Waals surface area (Å²) < 4.78 is 0. The third-order valence-electron chi connectivity index (χ3n) is 11.1. The lowest BCUT2D eigenvalue weighted by atomic mass is 9.89. The van der Waals surface area contributed by atoms with E-state index < -0.39 is 0 Å². The second-order valence-electron chi connectivity index (χ2n) is 14.6. The zero-order chi connectivity index (χ0) is 38.0. The molecule has 0 atom stereocenters. The molecule has 0 heterocycles. The van der Waals surface area contributed by atoms with Gasteiger partial charge in [0.1, 0.15) is 0 Å². The number of hydrogen-bond donors (Lipinski definition) is 0. The largest absolute Gasteiger partial charge is 0.310 e. The van der Waals surface area contributed by atoms with Crippen molar-refractivity contribution >= 4 is 38.6 Å². The third kappa shape index (κ3) is 6.77. The van der Waals surface area contributed by atoms with Crippen molar-refractivity contribution in [1.29, 1.82) is 0 Å². The van der Waals surface area contributed by atoms with Crippen LogP contribution in [0.25, 0.3) is 77.2 Å². The Balaban J connectivity index is 1.06. The van der Waals surface area contributed by atoms with E-state index in [1.165, 1.54) is 77.2 Å². The first-order valence-corrected chi connectivity index (χ1v) is 19.6. The summed E-state index contributed by atoms with van der Waals surface area (Å²) in [7, 11) is 0. The molecule has 0 amide bonds. The van der Waals surface area contributed by atoms with Gasteiger partial charge in [0.25, 0.3) is 0 Å². The van der Waals surface area contributed by atoms with Gasteiger partial charge in [0, 0.05) is 17.1 Å². The molecule has 0 radical (unpaired) electrons. The molecule has 0 bridgehead atoms. The predicted octanol–water partition coefficient (Wildman–Crippen LogP) is 15.8. The minimum atomic E-state index is 1.09. The Bertz CT molecular complexity index is 2970. The SMILES string of the molecule is c1ccc(-c2ccc(-c3ccc(N(c4ccc(-c5c(-c6ccccc6)ccc6ccccc56)cc4)c4cccc(-c5ccc6ccccc6c5)c4)cc3)cc2)cc1. The first-order chi connectivity index (χ1) is 28.2. The van der Waals surface area contributed by atoms with Gasteiger partial charge in [-0.3, -0.25) is 0 Å². The van der Waals surface area contributed by atoms with Crippen molar-refractivity contribution in [3.63, 3.8) is 0 Å². The highest BCUT2D eigenvalue weighted by atomic mass is 15.1. The Labute approximate surface area is 334 Å². The summed E-state index contributed by atoms with van der Waals surface area (Å²) in [5.74, 6) is 0. The van der Waals surface area contributed by atoms with Gasteiger partial charge in [-0.25, -0.2) is 0 Å². The quantitative estimate of drug-likeness (QED) is 0.151. The number of hydrogen-bond acceptors (Lipinski definition) is 1. The lowest BCUT2D eigenvalue weighted by Crippen LogP contribution is -2.10. The highest BCUT2D eigenvalue weighted by molar-refractivity contribution is 6.04. The molecular formula is C56H39N. The van der Waals surface area contributed by atoms with Crippen molar-refractivity contribution in [2.75, 3.05) is 4.90 Å². The standard InChI is InChI=1S/C56H39N/c1-3-12-40(13-4-1)42-22-24-43(25-23-42)44-28-33-51(34-29-44)57(53-20-11-19-49(39-53)50-27-26-41-14-7-8-18-48(41)38-50)52-35-30-47(31-36-52)56-54-21-10-9-17-46(54)32-37-55(56)45-15-5-2-6-16-45/h1-39H. The van der Waals surface area contributed by atoms with Crippen molar-refractivity contribution in [2.24, 2.45) is 0 Å². The van der Waals surface area contributed by atoms with Crippen LogP contribution in [0.3, 0.4) is 0 Å². The zero-order valence-electron chi connectivity index (χ0n) is 31.5. The van der Waals surface area contributed by atoms with Gasteiger partial charge in [0.2, 0.25) is 0 Å². The predicted molar refractivity (Wildman–Crippen MR) is 243 cm³/mol. The Morgan fingerprint density at radius 2 is 0.684 bits per heavy atom. The molecule has 0 aliphatic carbocycles. The average Bonchev–Trinajstić information content (AvgIpc) is 3.30. The molecule has 10 aromatic rings. The van der Waals surface area contributed by atoms with Crippen LogP contribution < -0.4 is 4.90 Å². The summed E-state index contributed by atoms with van der Waals surface area (Å²) in [6.07, 6.45) is 0. The van der Waals surface area contributed by atoms with Crippen LogP contribution in [0, 0.1) is 0 Å². The monoisotopic (exact) mass is 725 g/mol. The molecule has 1 heteroatoms. The maximum Gasteiger partial charge on any atom is 0.0467 e. The fraction of sp³-hybridized carbons (Fsp3) is 0. The summed E-state index contributed by atoms with van der Waals surface area (Å²) in [5, 5.41) is 4.97. The summed E-state index contributed by atoms with van der Waals surface area (Å²) in [6, 6.07) is 85.6. The average molecular weight is 726 g/mol. The topological polar surface area (TPSA) is 3.24 Å². The van der Waals surface area contributed by atoms with E-state index in [1.807, 2.05) is 0 Å². The van der Waals surface area contributed by atoms with Gasteiger partial charge in [0.15, 0.2) is 0 Å². The van der Waals surface area contributed by atoms with Crippen molar-refractivity contribution < 1.29 is 0 Å². The number of anilines is 3. The highest BCUT2D eigenvalue weighted by Crippen LogP contribution is 2.42. The van der Waals surface area contributed by atoms with Gasteiger partial charge < -0.3 is 4.90 Å². The highest BCUT2D eigenvalue weighted by Gasteiger charge is 2.17. The molecule has 10 aromatic carbocycles. The van der Waals surface area contributed by atoms with Crippen LogP contribution in [0.1, 0.15) is 0 Å². The van der Waals surface area contributed by atoms with Gasteiger partial charge in [-0.2, -0.15) is 0 Å². The maximum absolute atomic E-state index is 2.37. The van der Waals surface area contributed by atoms with E-state index in [2.05, 4.69) is 241 Å². The lowest BCUT2D eigenvalue weighted by molar-refractivity contribution is 1.28. The van der Waals surface area contributed by atoms with E-state index in [-0.39, 0.29) is 0 Å². The van der Waals surface area contributed by atoms with Gasteiger partial charge in [0.05, 0.1) is 0 Å². The van der Waals surface area contributed by atoms with E-state index in [9.17, 15) is 0 Å². The van der Waals surface area contributed by atoms with Crippen LogP contribution in [0.15, 0.2) is 237 Å². The molecule has 0 aliphatic rings. The number of nitrogens with zero attached hydrogens (tertiary/aromatic N) is 1. The Hall–Kier alpha value is -7.48. The van der Waals surface area contributed by atoms with E-state index >= 15 is 0 Å². The number of benzene rings is 10. The van der Waals surface area contributed by atoms with Gasteiger partial charge in [-0.15, -0.1) is 0 Å². The minimum Gasteiger partial charge on any atom is -0.310 e. The number of rotatable bonds is 8. The molecule has 0 saturated heterocycles. The first kappa shape index (κ1) is 34.0. The third-order valence-corrected chi connectivity index (χ3v) is 11.1. The summed E-state index contributed by atoms with van der Waals surface area (Å²) in [6.45, 7) is 0. The number of fused-ring (bicyclic) bond motifs is 2. The Morgan fingerprint density at radius 1 is 0.228 bits per heavy atom. The summed E-state index contributed by atoms with van der Waals surface area (Å²) >= 11 is 0. The van der Waals surface area contributed by atoms with Crippen molar-refractivity contribution in [3.05, 3.63) is 237 Å². The van der Waals surface area contributed by atoms with Crippen molar-refractivity contribution in [3.8, 4) is 55.6 Å². The van der Waals surface area contributed by atoms with Crippen LogP contribution >= 0.6 is 0 Å². The van der Waals surface area contributed by atoms with Crippen LogP contribution in [0.4, 0.5) is 17.1 Å². The summed E-state index contributed by atoms with van der Waals surface area (Å²) in [5.41, 5.74) is 15.4.